The Morgan fingerprint density at radius 1 is 1.21 bits per heavy atom. The first-order valence-electron chi connectivity index (χ1n) is 7.60. The molecule has 0 spiro atoms. The number of benzene rings is 2. The molecule has 1 aliphatic rings. The fourth-order valence-electron chi connectivity index (χ4n) is 2.46. The summed E-state index contributed by atoms with van der Waals surface area (Å²) in [5.74, 6) is -0.0754. The summed E-state index contributed by atoms with van der Waals surface area (Å²) >= 11 is 1.43. The quantitative estimate of drug-likeness (QED) is 0.894. The van der Waals surface area contributed by atoms with Gasteiger partial charge in [0.25, 0.3) is 0 Å². The van der Waals surface area contributed by atoms with Crippen LogP contribution in [0.25, 0.3) is 0 Å². The zero-order valence-corrected chi connectivity index (χ0v) is 14.2. The van der Waals surface area contributed by atoms with Crippen LogP contribution in [0.3, 0.4) is 0 Å². The van der Waals surface area contributed by atoms with E-state index < -0.39 is 11.2 Å². The highest BCUT2D eigenvalue weighted by molar-refractivity contribution is 8.01. The molecule has 2 unspecified atom stereocenters. The van der Waals surface area contributed by atoms with Gasteiger partial charge >= 0.3 is 0 Å². The van der Waals surface area contributed by atoms with Crippen molar-refractivity contribution in [2.75, 3.05) is 17.7 Å². The minimum Gasteiger partial charge on any atom is -0.497 e. The van der Waals surface area contributed by atoms with Crippen LogP contribution in [0.2, 0.25) is 0 Å². The second-order valence-corrected chi connectivity index (χ2v) is 6.71. The molecule has 0 bridgehead atoms. The third-order valence-electron chi connectivity index (χ3n) is 3.88. The number of nitrogens with one attached hydrogen (secondary N) is 2. The smallest absolute Gasteiger partial charge is 0.238 e. The molecule has 0 radical (unpaired) electrons. The Kier molecular flexibility index (Phi) is 4.76. The summed E-state index contributed by atoms with van der Waals surface area (Å²) in [6.07, 6.45) is 0. The lowest BCUT2D eigenvalue weighted by Gasteiger charge is -2.27. The van der Waals surface area contributed by atoms with E-state index in [-0.39, 0.29) is 11.8 Å². The maximum Gasteiger partial charge on any atom is 0.238 e. The van der Waals surface area contributed by atoms with Crippen molar-refractivity contribution in [3.8, 4) is 5.75 Å². The first-order valence-corrected chi connectivity index (χ1v) is 8.48. The molecule has 6 heteroatoms. The summed E-state index contributed by atoms with van der Waals surface area (Å²) in [7, 11) is 1.59. The Bertz CT molecular complexity index is 761. The number of carbonyl (C=O) groups excluding carboxylic acids is 2. The molecular formula is C18H18N2O3S. The van der Waals surface area contributed by atoms with E-state index in [9.17, 15) is 9.59 Å². The molecule has 0 aromatic heterocycles. The SMILES string of the molecule is COc1ccc(NC(=O)C(C)C2Sc3ccccc3NC2=O)cc1. The van der Waals surface area contributed by atoms with Crippen LogP contribution in [0, 0.1) is 5.92 Å². The normalized spacial score (nSPS) is 17.4. The van der Waals surface area contributed by atoms with Gasteiger partial charge in [-0.2, -0.15) is 0 Å². The molecule has 3 rings (SSSR count). The molecule has 0 saturated heterocycles. The van der Waals surface area contributed by atoms with Gasteiger partial charge in [0, 0.05) is 10.6 Å². The number of hydrogen-bond donors (Lipinski definition) is 2. The van der Waals surface area contributed by atoms with Crippen molar-refractivity contribution >= 4 is 35.0 Å². The van der Waals surface area contributed by atoms with Gasteiger partial charge in [0.15, 0.2) is 0 Å². The van der Waals surface area contributed by atoms with Crippen molar-refractivity contribution in [3.05, 3.63) is 48.5 Å². The zero-order chi connectivity index (χ0) is 17.1. The highest BCUT2D eigenvalue weighted by Gasteiger charge is 2.35. The number of carbonyl (C=O) groups is 2. The van der Waals surface area contributed by atoms with Crippen molar-refractivity contribution < 1.29 is 14.3 Å². The molecule has 2 N–H and O–H groups in total. The van der Waals surface area contributed by atoms with Gasteiger partial charge < -0.3 is 15.4 Å². The van der Waals surface area contributed by atoms with E-state index in [1.54, 1.807) is 38.3 Å². The van der Waals surface area contributed by atoms with E-state index in [0.717, 1.165) is 16.3 Å². The summed E-state index contributed by atoms with van der Waals surface area (Å²) in [5, 5.41) is 5.26. The number of thioether (sulfide) groups is 1. The van der Waals surface area contributed by atoms with Crippen molar-refractivity contribution in [2.45, 2.75) is 17.1 Å². The van der Waals surface area contributed by atoms with Crippen LogP contribution in [0.1, 0.15) is 6.92 Å². The van der Waals surface area contributed by atoms with Crippen molar-refractivity contribution in [3.63, 3.8) is 0 Å². The predicted molar refractivity (Wildman–Crippen MR) is 95.5 cm³/mol. The van der Waals surface area contributed by atoms with Gasteiger partial charge in [-0.25, -0.2) is 0 Å². The van der Waals surface area contributed by atoms with Gasteiger partial charge in [-0.1, -0.05) is 19.1 Å². The lowest BCUT2D eigenvalue weighted by Crippen LogP contribution is -2.39. The Morgan fingerprint density at radius 3 is 2.62 bits per heavy atom. The monoisotopic (exact) mass is 342 g/mol. The molecule has 2 aromatic carbocycles. The largest absolute Gasteiger partial charge is 0.497 e. The van der Waals surface area contributed by atoms with E-state index in [2.05, 4.69) is 10.6 Å². The maximum atomic E-state index is 12.5. The minimum atomic E-state index is -0.467. The number of anilines is 2. The molecule has 2 aromatic rings. The highest BCUT2D eigenvalue weighted by Crippen LogP contribution is 2.38. The van der Waals surface area contributed by atoms with Crippen LogP contribution in [0.5, 0.6) is 5.75 Å². The van der Waals surface area contributed by atoms with Crippen LogP contribution in [-0.4, -0.2) is 24.2 Å². The van der Waals surface area contributed by atoms with E-state index in [4.69, 9.17) is 4.74 Å². The molecular weight excluding hydrogens is 324 g/mol. The van der Waals surface area contributed by atoms with Gasteiger partial charge in [0.2, 0.25) is 11.8 Å². The molecule has 5 nitrogen and oxygen atoms in total. The van der Waals surface area contributed by atoms with Crippen LogP contribution >= 0.6 is 11.8 Å². The first kappa shape index (κ1) is 16.4. The lowest BCUT2D eigenvalue weighted by atomic mass is 10.1. The first-order chi connectivity index (χ1) is 11.6. The molecule has 0 saturated carbocycles. The Labute approximate surface area is 144 Å². The molecule has 1 aliphatic heterocycles. The fourth-order valence-corrected chi connectivity index (χ4v) is 3.63. The van der Waals surface area contributed by atoms with Gasteiger partial charge in [-0.15, -0.1) is 11.8 Å². The Morgan fingerprint density at radius 2 is 1.92 bits per heavy atom. The second kappa shape index (κ2) is 6.97. The maximum absolute atomic E-state index is 12.5. The van der Waals surface area contributed by atoms with E-state index >= 15 is 0 Å². The standard InChI is InChI=1S/C18H18N2O3S/c1-11(17(21)19-12-7-9-13(23-2)10-8-12)16-18(22)20-14-5-3-4-6-15(14)24-16/h3-11,16H,1-2H3,(H,19,21)(H,20,22). The van der Waals surface area contributed by atoms with Gasteiger partial charge in [0.05, 0.1) is 24.0 Å². The van der Waals surface area contributed by atoms with Crippen LogP contribution in [0.4, 0.5) is 11.4 Å². The van der Waals surface area contributed by atoms with Gasteiger partial charge in [0.1, 0.15) is 5.75 Å². The van der Waals surface area contributed by atoms with Crippen molar-refractivity contribution in [2.24, 2.45) is 5.92 Å². The van der Waals surface area contributed by atoms with Crippen molar-refractivity contribution in [1.29, 1.82) is 0 Å². The molecule has 2 atom stereocenters. The lowest BCUT2D eigenvalue weighted by molar-refractivity contribution is -0.123. The number of rotatable bonds is 4. The van der Waals surface area contributed by atoms with Gasteiger partial charge in [-0.05, 0) is 36.4 Å². The van der Waals surface area contributed by atoms with E-state index in [1.807, 2.05) is 24.3 Å². The Hall–Kier alpha value is -2.47. The minimum absolute atomic E-state index is 0.143. The van der Waals surface area contributed by atoms with Gasteiger partial charge in [-0.3, -0.25) is 9.59 Å². The summed E-state index contributed by atoms with van der Waals surface area (Å²) in [6, 6.07) is 14.7. The van der Waals surface area contributed by atoms with Crippen molar-refractivity contribution in [1.82, 2.24) is 0 Å². The third kappa shape index (κ3) is 3.38. The zero-order valence-electron chi connectivity index (χ0n) is 13.4. The highest BCUT2D eigenvalue weighted by atomic mass is 32.2. The number of fused-ring (bicyclic) bond motifs is 1. The van der Waals surface area contributed by atoms with E-state index in [1.165, 1.54) is 11.8 Å². The number of para-hydroxylation sites is 1. The topological polar surface area (TPSA) is 67.4 Å². The fraction of sp³-hybridized carbons (Fsp3) is 0.222. The second-order valence-electron chi connectivity index (χ2n) is 5.53. The summed E-state index contributed by atoms with van der Waals surface area (Å²) < 4.78 is 5.10. The average molecular weight is 342 g/mol. The summed E-state index contributed by atoms with van der Waals surface area (Å²) in [5.41, 5.74) is 1.47. The molecule has 124 valence electrons. The van der Waals surface area contributed by atoms with Crippen LogP contribution in [0.15, 0.2) is 53.4 Å². The molecule has 24 heavy (non-hydrogen) atoms. The Balaban J connectivity index is 1.70. The number of amides is 2. The molecule has 0 aliphatic carbocycles. The summed E-state index contributed by atoms with van der Waals surface area (Å²) in [4.78, 5) is 25.8. The van der Waals surface area contributed by atoms with Crippen LogP contribution in [-0.2, 0) is 9.59 Å². The average Bonchev–Trinajstić information content (AvgIpc) is 2.61. The number of methoxy groups -OCH3 is 1. The third-order valence-corrected chi connectivity index (χ3v) is 5.37. The predicted octanol–water partition coefficient (Wildman–Crippen LogP) is 3.38. The van der Waals surface area contributed by atoms with Crippen LogP contribution < -0.4 is 15.4 Å². The molecule has 0 fully saturated rings. The van der Waals surface area contributed by atoms with E-state index in [0.29, 0.717) is 5.69 Å². The summed E-state index contributed by atoms with van der Waals surface area (Å²) in [6.45, 7) is 1.77. The number of hydrogen-bond acceptors (Lipinski definition) is 4. The number of ether oxygens (including phenoxy) is 1. The molecule has 2 amide bonds. The molecule has 1 heterocycles.